The van der Waals surface area contributed by atoms with E-state index in [1.807, 2.05) is 0 Å². The highest BCUT2D eigenvalue weighted by molar-refractivity contribution is 5.82. The number of hydrogen-bond donors (Lipinski definition) is 2. The summed E-state index contributed by atoms with van der Waals surface area (Å²) >= 11 is 0. The van der Waals surface area contributed by atoms with Crippen molar-refractivity contribution in [1.29, 1.82) is 0 Å². The first kappa shape index (κ1) is 21.6. The van der Waals surface area contributed by atoms with E-state index in [1.54, 1.807) is 24.3 Å². The van der Waals surface area contributed by atoms with Crippen LogP contribution in [0.3, 0.4) is 0 Å². The number of rotatable bonds is 8. The molecule has 162 valence electrons. The van der Waals surface area contributed by atoms with Crippen LogP contribution in [0.25, 0.3) is 0 Å². The summed E-state index contributed by atoms with van der Waals surface area (Å²) < 4.78 is 26.4. The lowest BCUT2D eigenvalue weighted by Gasteiger charge is -2.26. The topological polar surface area (TPSA) is 104 Å². The van der Waals surface area contributed by atoms with Gasteiger partial charge in [-0.3, -0.25) is 0 Å². The van der Waals surface area contributed by atoms with Gasteiger partial charge in [-0.2, -0.15) is 0 Å². The fraction of sp³-hybridized carbons (Fsp3) is 0.409. The van der Waals surface area contributed by atoms with Gasteiger partial charge >= 0.3 is 5.97 Å². The highest BCUT2D eigenvalue weighted by atomic mass is 16.6. The summed E-state index contributed by atoms with van der Waals surface area (Å²) in [6, 6.07) is 8.27. The van der Waals surface area contributed by atoms with Crippen LogP contribution in [0.2, 0.25) is 0 Å². The van der Waals surface area contributed by atoms with E-state index < -0.39 is 17.5 Å². The van der Waals surface area contributed by atoms with Crippen molar-refractivity contribution in [3.05, 3.63) is 41.5 Å². The summed E-state index contributed by atoms with van der Waals surface area (Å²) in [5.41, 5.74) is -0.280. The van der Waals surface area contributed by atoms with Crippen molar-refractivity contribution in [3.63, 3.8) is 0 Å². The molecule has 1 aliphatic rings. The van der Waals surface area contributed by atoms with E-state index in [-0.39, 0.29) is 24.5 Å². The Labute approximate surface area is 174 Å². The summed E-state index contributed by atoms with van der Waals surface area (Å²) in [7, 11) is 6.01. The van der Waals surface area contributed by atoms with Crippen LogP contribution in [0.4, 0.5) is 0 Å². The predicted molar refractivity (Wildman–Crippen MR) is 108 cm³/mol. The number of carbonyl (C=O) groups is 1. The molecule has 8 heteroatoms. The monoisotopic (exact) mass is 418 g/mol. The van der Waals surface area contributed by atoms with Crippen molar-refractivity contribution in [2.75, 3.05) is 35.0 Å². The Morgan fingerprint density at radius 2 is 1.57 bits per heavy atom. The molecule has 1 fully saturated rings. The molecule has 0 radical (unpaired) electrons. The summed E-state index contributed by atoms with van der Waals surface area (Å²) in [4.78, 5) is 12.4. The van der Waals surface area contributed by atoms with Gasteiger partial charge < -0.3 is 33.9 Å². The number of benzene rings is 2. The van der Waals surface area contributed by atoms with Crippen molar-refractivity contribution in [2.24, 2.45) is 5.92 Å². The molecule has 0 saturated carbocycles. The summed E-state index contributed by atoms with van der Waals surface area (Å²) in [6.07, 6.45) is 0.381. The lowest BCUT2D eigenvalue weighted by Crippen LogP contribution is -2.44. The first-order valence-electron chi connectivity index (χ1n) is 9.40. The van der Waals surface area contributed by atoms with Crippen LogP contribution >= 0.6 is 0 Å². The van der Waals surface area contributed by atoms with Crippen molar-refractivity contribution in [2.45, 2.75) is 18.4 Å². The summed E-state index contributed by atoms with van der Waals surface area (Å²) in [5.74, 6) is 0.529. The van der Waals surface area contributed by atoms with E-state index in [0.29, 0.717) is 29.2 Å². The molecule has 30 heavy (non-hydrogen) atoms. The normalized spacial score (nSPS) is 20.6. The standard InChI is InChI=1S/C22H26O8/c1-26-17-8-13(5-6-16(17)23)11-22(25)15(12-30-21(22)24)7-14-9-18(27-2)20(29-4)19(10-14)28-3/h5-6,8-10,15,23,25H,7,11-12H2,1-4H3/t15-,22-/m0/s1. The van der Waals surface area contributed by atoms with E-state index >= 15 is 0 Å². The molecule has 0 spiro atoms. The van der Waals surface area contributed by atoms with Gasteiger partial charge in [0.05, 0.1) is 35.0 Å². The summed E-state index contributed by atoms with van der Waals surface area (Å²) in [6.45, 7) is 0.0845. The largest absolute Gasteiger partial charge is 0.504 e. The zero-order chi connectivity index (χ0) is 21.9. The van der Waals surface area contributed by atoms with Gasteiger partial charge in [0.25, 0.3) is 0 Å². The van der Waals surface area contributed by atoms with Crippen LogP contribution in [0.5, 0.6) is 28.7 Å². The smallest absolute Gasteiger partial charge is 0.338 e. The molecule has 0 aromatic heterocycles. The molecule has 8 nitrogen and oxygen atoms in total. The van der Waals surface area contributed by atoms with Gasteiger partial charge in [-0.05, 0) is 41.8 Å². The number of cyclic esters (lactones) is 1. The molecule has 1 saturated heterocycles. The van der Waals surface area contributed by atoms with Crippen LogP contribution in [0.1, 0.15) is 11.1 Å². The molecule has 3 rings (SSSR count). The lowest BCUT2D eigenvalue weighted by atomic mass is 9.80. The maximum absolute atomic E-state index is 12.4. The predicted octanol–water partition coefficient (Wildman–Crippen LogP) is 2.12. The zero-order valence-corrected chi connectivity index (χ0v) is 17.4. The Morgan fingerprint density at radius 3 is 2.13 bits per heavy atom. The number of hydrogen-bond acceptors (Lipinski definition) is 8. The van der Waals surface area contributed by atoms with E-state index in [1.165, 1.54) is 34.5 Å². The first-order chi connectivity index (χ1) is 14.4. The van der Waals surface area contributed by atoms with Gasteiger partial charge in [0, 0.05) is 12.3 Å². The lowest BCUT2D eigenvalue weighted by molar-refractivity contribution is -0.154. The third-order valence-corrected chi connectivity index (χ3v) is 5.37. The quantitative estimate of drug-likeness (QED) is 0.629. The number of carbonyl (C=O) groups excluding carboxylic acids is 1. The number of esters is 1. The Balaban J connectivity index is 1.89. The van der Waals surface area contributed by atoms with Crippen molar-refractivity contribution in [3.8, 4) is 28.7 Å². The zero-order valence-electron chi connectivity index (χ0n) is 17.4. The van der Waals surface area contributed by atoms with E-state index in [2.05, 4.69) is 0 Å². The SMILES string of the molecule is COc1cc(C[C@@]2(O)C(=O)OC[C@@H]2Cc2cc(OC)c(OC)c(OC)c2)ccc1O. The Bertz CT molecular complexity index is 900. The van der Waals surface area contributed by atoms with E-state index in [0.717, 1.165) is 5.56 Å². The van der Waals surface area contributed by atoms with E-state index in [9.17, 15) is 15.0 Å². The molecule has 1 heterocycles. The Hall–Kier alpha value is -3.13. The number of ether oxygens (including phenoxy) is 5. The summed E-state index contributed by atoms with van der Waals surface area (Å²) in [5, 5.41) is 21.0. The maximum atomic E-state index is 12.4. The third kappa shape index (κ3) is 3.95. The second-order valence-electron chi connectivity index (χ2n) is 7.14. The molecule has 0 aliphatic carbocycles. The molecule has 2 atom stereocenters. The molecule has 2 aromatic carbocycles. The van der Waals surface area contributed by atoms with Crippen molar-refractivity contribution < 1.29 is 38.7 Å². The van der Waals surface area contributed by atoms with Gasteiger partial charge in [0.1, 0.15) is 0 Å². The second-order valence-corrected chi connectivity index (χ2v) is 7.14. The highest BCUT2D eigenvalue weighted by Crippen LogP contribution is 2.41. The van der Waals surface area contributed by atoms with Gasteiger partial charge in [0.2, 0.25) is 5.75 Å². The third-order valence-electron chi connectivity index (χ3n) is 5.37. The second kappa shape index (κ2) is 8.71. The van der Waals surface area contributed by atoms with Crippen molar-refractivity contribution in [1.82, 2.24) is 0 Å². The van der Waals surface area contributed by atoms with Crippen LogP contribution < -0.4 is 18.9 Å². The average molecular weight is 418 g/mol. The number of aromatic hydroxyl groups is 1. The minimum absolute atomic E-state index is 0.0174. The molecule has 0 bridgehead atoms. The van der Waals surface area contributed by atoms with Crippen molar-refractivity contribution >= 4 is 5.97 Å². The number of phenolic OH excluding ortho intramolecular Hbond substituents is 1. The van der Waals surface area contributed by atoms with Gasteiger partial charge in [-0.15, -0.1) is 0 Å². The molecule has 0 unspecified atom stereocenters. The van der Waals surface area contributed by atoms with Crippen LogP contribution in [0, 0.1) is 5.92 Å². The molecule has 2 aromatic rings. The van der Waals surface area contributed by atoms with Gasteiger partial charge in [-0.1, -0.05) is 6.07 Å². The van der Waals surface area contributed by atoms with Gasteiger partial charge in [-0.25, -0.2) is 4.79 Å². The average Bonchev–Trinajstić information content (AvgIpc) is 3.02. The fourth-order valence-electron chi connectivity index (χ4n) is 3.73. The molecular weight excluding hydrogens is 392 g/mol. The van der Waals surface area contributed by atoms with Crippen LogP contribution in [-0.4, -0.2) is 56.8 Å². The highest BCUT2D eigenvalue weighted by Gasteiger charge is 2.51. The molecule has 2 N–H and O–H groups in total. The van der Waals surface area contributed by atoms with E-state index in [4.69, 9.17) is 23.7 Å². The Morgan fingerprint density at radius 1 is 0.967 bits per heavy atom. The van der Waals surface area contributed by atoms with Crippen LogP contribution in [0.15, 0.2) is 30.3 Å². The van der Waals surface area contributed by atoms with Crippen LogP contribution in [-0.2, 0) is 22.4 Å². The van der Waals surface area contributed by atoms with Gasteiger partial charge in [0.15, 0.2) is 28.6 Å². The number of phenols is 1. The molecule has 1 aliphatic heterocycles. The number of aliphatic hydroxyl groups is 1. The minimum Gasteiger partial charge on any atom is -0.504 e. The Kier molecular flexibility index (Phi) is 6.26. The molecule has 0 amide bonds. The first-order valence-corrected chi connectivity index (χ1v) is 9.40. The fourth-order valence-corrected chi connectivity index (χ4v) is 3.73. The minimum atomic E-state index is -1.72. The maximum Gasteiger partial charge on any atom is 0.338 e. The molecular formula is C22H26O8. The number of methoxy groups -OCH3 is 4.